The van der Waals surface area contributed by atoms with Gasteiger partial charge < -0.3 is 4.74 Å². The highest BCUT2D eigenvalue weighted by molar-refractivity contribution is 5.48. The normalized spacial score (nSPS) is 23.5. The second-order valence-electron chi connectivity index (χ2n) is 4.01. The maximum absolute atomic E-state index is 12.4. The zero-order valence-electron chi connectivity index (χ0n) is 8.75. The van der Waals surface area contributed by atoms with Crippen LogP contribution in [0.3, 0.4) is 0 Å². The van der Waals surface area contributed by atoms with Crippen molar-refractivity contribution in [2.24, 2.45) is 0 Å². The van der Waals surface area contributed by atoms with Crippen LogP contribution in [0.4, 0.5) is 18.9 Å². The Morgan fingerprint density at radius 3 is 2.47 bits per heavy atom. The second-order valence-corrected chi connectivity index (χ2v) is 4.01. The molecule has 1 fully saturated rings. The predicted octanol–water partition coefficient (Wildman–Crippen LogP) is 2.86. The van der Waals surface area contributed by atoms with E-state index in [1.54, 1.807) is 6.92 Å². The Balaban J connectivity index is 2.53. The van der Waals surface area contributed by atoms with Gasteiger partial charge in [0.05, 0.1) is 22.7 Å². The van der Waals surface area contributed by atoms with Gasteiger partial charge in [-0.1, -0.05) is 0 Å². The first-order chi connectivity index (χ1) is 7.74. The van der Waals surface area contributed by atoms with Crippen LogP contribution in [-0.4, -0.2) is 11.5 Å². The van der Waals surface area contributed by atoms with Gasteiger partial charge in [0.2, 0.25) is 0 Å². The standard InChI is InChI=1S/C10H8F3NO3/c1-9(5-17-9)7-3-2-6(10(11,12)13)4-8(7)14(15)16/h2-4H,5H2,1H3. The third-order valence-corrected chi connectivity index (χ3v) is 2.67. The fraction of sp³-hybridized carbons (Fsp3) is 0.400. The highest BCUT2D eigenvalue weighted by Gasteiger charge is 2.46. The van der Waals surface area contributed by atoms with Crippen LogP contribution in [-0.2, 0) is 16.5 Å². The van der Waals surface area contributed by atoms with Crippen LogP contribution in [0.5, 0.6) is 0 Å². The highest BCUT2D eigenvalue weighted by atomic mass is 19.4. The van der Waals surface area contributed by atoms with Gasteiger partial charge in [-0.05, 0) is 19.1 Å². The van der Waals surface area contributed by atoms with Gasteiger partial charge in [-0.25, -0.2) is 0 Å². The molecule has 0 radical (unpaired) electrons. The molecule has 0 aromatic heterocycles. The van der Waals surface area contributed by atoms with Gasteiger partial charge in [0.25, 0.3) is 5.69 Å². The molecular formula is C10H8F3NO3. The van der Waals surface area contributed by atoms with E-state index >= 15 is 0 Å². The molecule has 0 amide bonds. The largest absolute Gasteiger partial charge is 0.416 e. The van der Waals surface area contributed by atoms with E-state index in [2.05, 4.69) is 0 Å². The summed E-state index contributed by atoms with van der Waals surface area (Å²) in [5, 5.41) is 10.8. The number of ether oxygens (including phenoxy) is 1. The van der Waals surface area contributed by atoms with Gasteiger partial charge in [-0.2, -0.15) is 13.2 Å². The lowest BCUT2D eigenvalue weighted by Gasteiger charge is -2.10. The van der Waals surface area contributed by atoms with Crippen LogP contribution in [0.15, 0.2) is 18.2 Å². The van der Waals surface area contributed by atoms with Crippen molar-refractivity contribution >= 4 is 5.69 Å². The van der Waals surface area contributed by atoms with Crippen molar-refractivity contribution < 1.29 is 22.8 Å². The number of hydrogen-bond donors (Lipinski definition) is 0. The van der Waals surface area contributed by atoms with Crippen LogP contribution in [0.25, 0.3) is 0 Å². The zero-order chi connectivity index (χ0) is 12.8. The average Bonchev–Trinajstić information content (AvgIpc) is 2.95. The molecule has 1 heterocycles. The third-order valence-electron chi connectivity index (χ3n) is 2.67. The molecule has 0 aliphatic carbocycles. The minimum absolute atomic E-state index is 0.176. The molecule has 1 aromatic rings. The van der Waals surface area contributed by atoms with E-state index in [4.69, 9.17) is 4.74 Å². The third kappa shape index (κ3) is 2.10. The van der Waals surface area contributed by atoms with E-state index < -0.39 is 28.0 Å². The fourth-order valence-corrected chi connectivity index (χ4v) is 1.57. The van der Waals surface area contributed by atoms with E-state index in [0.717, 1.165) is 12.1 Å². The smallest absolute Gasteiger partial charge is 0.365 e. The zero-order valence-corrected chi connectivity index (χ0v) is 8.75. The molecule has 1 atom stereocenters. The van der Waals surface area contributed by atoms with E-state index in [1.807, 2.05) is 0 Å². The van der Waals surface area contributed by atoms with E-state index in [0.29, 0.717) is 6.07 Å². The number of alkyl halides is 3. The molecule has 1 aromatic carbocycles. The summed E-state index contributed by atoms with van der Waals surface area (Å²) in [4.78, 5) is 9.94. The lowest BCUT2D eigenvalue weighted by Crippen LogP contribution is -2.10. The first-order valence-corrected chi connectivity index (χ1v) is 4.74. The molecule has 0 saturated carbocycles. The van der Waals surface area contributed by atoms with E-state index in [1.165, 1.54) is 0 Å². The first kappa shape index (κ1) is 11.8. The molecule has 4 nitrogen and oxygen atoms in total. The van der Waals surface area contributed by atoms with Gasteiger partial charge in [0.1, 0.15) is 5.60 Å². The Labute approximate surface area is 94.1 Å². The minimum atomic E-state index is -4.59. The summed E-state index contributed by atoms with van der Waals surface area (Å²) in [5.41, 5.74) is -2.24. The lowest BCUT2D eigenvalue weighted by molar-refractivity contribution is -0.386. The quantitative estimate of drug-likeness (QED) is 0.458. The summed E-state index contributed by atoms with van der Waals surface area (Å²) in [6.45, 7) is 1.88. The van der Waals surface area contributed by atoms with Crippen LogP contribution in [0.2, 0.25) is 0 Å². The van der Waals surface area contributed by atoms with E-state index in [9.17, 15) is 23.3 Å². The Morgan fingerprint density at radius 2 is 2.06 bits per heavy atom. The van der Waals surface area contributed by atoms with Gasteiger partial charge in [-0.3, -0.25) is 10.1 Å². The lowest BCUT2D eigenvalue weighted by atomic mass is 9.98. The molecule has 0 spiro atoms. The average molecular weight is 247 g/mol. The molecule has 0 bridgehead atoms. The predicted molar refractivity (Wildman–Crippen MR) is 51.4 cm³/mol. The maximum Gasteiger partial charge on any atom is 0.416 e. The molecule has 2 rings (SSSR count). The molecule has 0 N–H and O–H groups in total. The SMILES string of the molecule is CC1(c2ccc(C(F)(F)F)cc2[N+](=O)[O-])CO1. The number of nitro groups is 1. The number of epoxide rings is 1. The fourth-order valence-electron chi connectivity index (χ4n) is 1.57. The molecule has 7 heteroatoms. The van der Waals surface area contributed by atoms with Gasteiger partial charge in [0, 0.05) is 6.07 Å². The Bertz CT molecular complexity index is 480. The summed E-state index contributed by atoms with van der Waals surface area (Å²) in [5.74, 6) is 0. The topological polar surface area (TPSA) is 55.7 Å². The van der Waals surface area contributed by atoms with Crippen molar-refractivity contribution in [2.45, 2.75) is 18.7 Å². The molecular weight excluding hydrogens is 239 g/mol. The minimum Gasteiger partial charge on any atom is -0.365 e. The van der Waals surface area contributed by atoms with Crippen molar-refractivity contribution in [1.29, 1.82) is 0 Å². The molecule has 17 heavy (non-hydrogen) atoms. The summed E-state index contributed by atoms with van der Waals surface area (Å²) in [6, 6.07) is 2.48. The summed E-state index contributed by atoms with van der Waals surface area (Å²) >= 11 is 0. The maximum atomic E-state index is 12.4. The van der Waals surface area contributed by atoms with Crippen LogP contribution < -0.4 is 0 Å². The van der Waals surface area contributed by atoms with Crippen molar-refractivity contribution in [3.05, 3.63) is 39.4 Å². The number of nitrogens with zero attached hydrogens (tertiary/aromatic N) is 1. The second kappa shape index (κ2) is 3.43. The number of hydrogen-bond acceptors (Lipinski definition) is 3. The number of halogens is 3. The number of rotatable bonds is 2. The Morgan fingerprint density at radius 1 is 1.47 bits per heavy atom. The van der Waals surface area contributed by atoms with Crippen LogP contribution in [0, 0.1) is 10.1 Å². The molecule has 1 aliphatic heterocycles. The molecule has 92 valence electrons. The van der Waals surface area contributed by atoms with Crippen LogP contribution >= 0.6 is 0 Å². The van der Waals surface area contributed by atoms with E-state index in [-0.39, 0.29) is 12.2 Å². The van der Waals surface area contributed by atoms with Crippen molar-refractivity contribution in [3.8, 4) is 0 Å². The Hall–Kier alpha value is -1.63. The van der Waals surface area contributed by atoms with Gasteiger partial charge >= 0.3 is 6.18 Å². The summed E-state index contributed by atoms with van der Waals surface area (Å²) < 4.78 is 42.3. The summed E-state index contributed by atoms with van der Waals surface area (Å²) in [7, 11) is 0. The molecule has 1 unspecified atom stereocenters. The van der Waals surface area contributed by atoms with Crippen molar-refractivity contribution in [3.63, 3.8) is 0 Å². The van der Waals surface area contributed by atoms with Crippen LogP contribution in [0.1, 0.15) is 18.1 Å². The number of benzene rings is 1. The highest BCUT2D eigenvalue weighted by Crippen LogP contribution is 2.44. The monoisotopic (exact) mass is 247 g/mol. The van der Waals surface area contributed by atoms with Gasteiger partial charge in [-0.15, -0.1) is 0 Å². The van der Waals surface area contributed by atoms with Gasteiger partial charge in [0.15, 0.2) is 0 Å². The number of nitro benzene ring substituents is 1. The molecule has 1 aliphatic rings. The molecule has 1 saturated heterocycles. The summed E-state index contributed by atoms with van der Waals surface area (Å²) in [6.07, 6.45) is -4.59. The first-order valence-electron chi connectivity index (χ1n) is 4.74. The Kier molecular flexibility index (Phi) is 2.39. The van der Waals surface area contributed by atoms with Crippen molar-refractivity contribution in [1.82, 2.24) is 0 Å². The van der Waals surface area contributed by atoms with Crippen molar-refractivity contribution in [2.75, 3.05) is 6.61 Å².